The predicted molar refractivity (Wildman–Crippen MR) is 73.0 cm³/mol. The van der Waals surface area contributed by atoms with E-state index in [2.05, 4.69) is 10.3 Å². The van der Waals surface area contributed by atoms with Crippen molar-refractivity contribution in [3.8, 4) is 0 Å². The van der Waals surface area contributed by atoms with Crippen molar-refractivity contribution in [2.75, 3.05) is 18.5 Å². The molecule has 4 heteroatoms. The number of ether oxygens (including phenoxy) is 1. The molecule has 1 aliphatic carbocycles. The minimum Gasteiger partial charge on any atom is -0.381 e. The molecule has 0 radical (unpaired) electrons. The molecule has 1 aromatic rings. The van der Waals surface area contributed by atoms with E-state index in [1.165, 1.54) is 32.1 Å². The quantitative estimate of drug-likeness (QED) is 0.890. The average molecular weight is 267 g/mol. The van der Waals surface area contributed by atoms with Gasteiger partial charge in [-0.3, -0.25) is 4.98 Å². The molecule has 1 atom stereocenters. The lowest BCUT2D eigenvalue weighted by molar-refractivity contribution is 0.0134. The molecule has 98 valence electrons. The molecule has 2 heterocycles. The van der Waals surface area contributed by atoms with Crippen molar-refractivity contribution in [2.45, 2.75) is 38.1 Å². The molecule has 1 saturated heterocycles. The first-order chi connectivity index (χ1) is 8.80. The molecule has 1 spiro atoms. The molecule has 1 aromatic heterocycles. The number of nitrogens with one attached hydrogen (secondary N) is 1. The third-order valence-corrected chi connectivity index (χ3v) is 4.82. The molecule has 0 amide bonds. The molecular formula is C14H19ClN2O. The fourth-order valence-electron chi connectivity index (χ4n) is 3.41. The van der Waals surface area contributed by atoms with Crippen LogP contribution in [0.25, 0.3) is 0 Å². The standard InChI is InChI=1S/C14H19ClN2O/c15-11-3-7-16-10-12(11)17-13-2-1-4-14(13)5-8-18-9-6-14/h3,7,10,13,17H,1-2,4-6,8-9H2. The largest absolute Gasteiger partial charge is 0.381 e. The molecule has 1 aliphatic heterocycles. The highest BCUT2D eigenvalue weighted by Crippen LogP contribution is 2.47. The van der Waals surface area contributed by atoms with Crippen LogP contribution in [0.4, 0.5) is 5.69 Å². The molecule has 0 bridgehead atoms. The topological polar surface area (TPSA) is 34.2 Å². The minimum absolute atomic E-state index is 0.414. The summed E-state index contributed by atoms with van der Waals surface area (Å²) in [7, 11) is 0. The van der Waals surface area contributed by atoms with Gasteiger partial charge in [0.1, 0.15) is 0 Å². The van der Waals surface area contributed by atoms with E-state index in [0.717, 1.165) is 23.9 Å². The van der Waals surface area contributed by atoms with Crippen LogP contribution in [0.3, 0.4) is 0 Å². The van der Waals surface area contributed by atoms with Crippen molar-refractivity contribution in [1.82, 2.24) is 4.98 Å². The second kappa shape index (κ2) is 5.06. The molecule has 18 heavy (non-hydrogen) atoms. The zero-order valence-electron chi connectivity index (χ0n) is 10.5. The van der Waals surface area contributed by atoms with Crippen LogP contribution in [0.5, 0.6) is 0 Å². The summed E-state index contributed by atoms with van der Waals surface area (Å²) in [6.07, 6.45) is 9.73. The lowest BCUT2D eigenvalue weighted by atomic mass is 9.75. The van der Waals surface area contributed by atoms with Crippen molar-refractivity contribution in [3.63, 3.8) is 0 Å². The van der Waals surface area contributed by atoms with Gasteiger partial charge in [-0.2, -0.15) is 0 Å². The van der Waals surface area contributed by atoms with Crippen LogP contribution < -0.4 is 5.32 Å². The minimum atomic E-state index is 0.414. The first kappa shape index (κ1) is 12.2. The van der Waals surface area contributed by atoms with Crippen LogP contribution in [-0.2, 0) is 4.74 Å². The third kappa shape index (κ3) is 2.21. The second-order valence-corrected chi connectivity index (χ2v) is 5.83. The van der Waals surface area contributed by atoms with Crippen LogP contribution in [0.1, 0.15) is 32.1 Å². The highest BCUT2D eigenvalue weighted by molar-refractivity contribution is 6.33. The van der Waals surface area contributed by atoms with E-state index in [1.54, 1.807) is 6.20 Å². The van der Waals surface area contributed by atoms with Gasteiger partial charge in [0.2, 0.25) is 0 Å². The van der Waals surface area contributed by atoms with Crippen LogP contribution >= 0.6 is 11.6 Å². The average Bonchev–Trinajstić information content (AvgIpc) is 2.76. The number of aromatic nitrogens is 1. The monoisotopic (exact) mass is 266 g/mol. The highest BCUT2D eigenvalue weighted by atomic mass is 35.5. The van der Waals surface area contributed by atoms with Gasteiger partial charge in [0.15, 0.2) is 0 Å². The highest BCUT2D eigenvalue weighted by Gasteiger charge is 2.43. The summed E-state index contributed by atoms with van der Waals surface area (Å²) < 4.78 is 5.51. The van der Waals surface area contributed by atoms with Gasteiger partial charge in [-0.1, -0.05) is 18.0 Å². The number of hydrogen-bond donors (Lipinski definition) is 1. The first-order valence-corrected chi connectivity index (χ1v) is 7.12. The first-order valence-electron chi connectivity index (χ1n) is 6.74. The SMILES string of the molecule is Clc1ccncc1NC1CCCC12CCOCC2. The third-order valence-electron chi connectivity index (χ3n) is 4.49. The van der Waals surface area contributed by atoms with E-state index >= 15 is 0 Å². The van der Waals surface area contributed by atoms with Gasteiger partial charge in [0.05, 0.1) is 16.9 Å². The summed E-state index contributed by atoms with van der Waals surface area (Å²) in [6.45, 7) is 1.80. The normalized spacial score (nSPS) is 26.4. The van der Waals surface area contributed by atoms with E-state index in [-0.39, 0.29) is 0 Å². The van der Waals surface area contributed by atoms with Crippen molar-refractivity contribution < 1.29 is 4.74 Å². The molecule has 2 fully saturated rings. The maximum atomic E-state index is 6.20. The summed E-state index contributed by atoms with van der Waals surface area (Å²) in [5.74, 6) is 0. The zero-order valence-corrected chi connectivity index (χ0v) is 11.2. The molecule has 2 aliphatic rings. The molecule has 3 nitrogen and oxygen atoms in total. The summed E-state index contributed by atoms with van der Waals surface area (Å²) in [4.78, 5) is 4.15. The molecule has 3 rings (SSSR count). The Morgan fingerprint density at radius 2 is 2.17 bits per heavy atom. The summed E-state index contributed by atoms with van der Waals surface area (Å²) >= 11 is 6.20. The number of nitrogens with zero attached hydrogens (tertiary/aromatic N) is 1. The Balaban J connectivity index is 1.77. The molecule has 0 aromatic carbocycles. The second-order valence-electron chi connectivity index (χ2n) is 5.42. The van der Waals surface area contributed by atoms with E-state index in [0.29, 0.717) is 11.5 Å². The Labute approximate surface area is 113 Å². The lowest BCUT2D eigenvalue weighted by Gasteiger charge is -2.39. The Morgan fingerprint density at radius 1 is 1.33 bits per heavy atom. The maximum Gasteiger partial charge on any atom is 0.0718 e. The van der Waals surface area contributed by atoms with Gasteiger partial charge in [-0.25, -0.2) is 0 Å². The Kier molecular flexibility index (Phi) is 3.44. The van der Waals surface area contributed by atoms with E-state index in [4.69, 9.17) is 16.3 Å². The molecule has 1 N–H and O–H groups in total. The zero-order chi connectivity index (χ0) is 12.4. The Morgan fingerprint density at radius 3 is 2.94 bits per heavy atom. The van der Waals surface area contributed by atoms with Gasteiger partial charge in [-0.05, 0) is 37.2 Å². The van der Waals surface area contributed by atoms with Crippen LogP contribution in [0, 0.1) is 5.41 Å². The fraction of sp³-hybridized carbons (Fsp3) is 0.643. The van der Waals surface area contributed by atoms with Gasteiger partial charge in [0, 0.05) is 25.5 Å². The summed E-state index contributed by atoms with van der Waals surface area (Å²) in [5, 5.41) is 4.38. The van der Waals surface area contributed by atoms with Gasteiger partial charge < -0.3 is 10.1 Å². The Hall–Kier alpha value is -0.800. The summed E-state index contributed by atoms with van der Waals surface area (Å²) in [6, 6.07) is 2.36. The van der Waals surface area contributed by atoms with Crippen LogP contribution in [-0.4, -0.2) is 24.2 Å². The van der Waals surface area contributed by atoms with E-state index < -0.39 is 0 Å². The Bertz CT molecular complexity index is 418. The number of rotatable bonds is 2. The number of anilines is 1. The van der Waals surface area contributed by atoms with Crippen molar-refractivity contribution in [1.29, 1.82) is 0 Å². The predicted octanol–water partition coefficient (Wildman–Crippen LogP) is 3.50. The van der Waals surface area contributed by atoms with Crippen molar-refractivity contribution in [2.24, 2.45) is 5.41 Å². The van der Waals surface area contributed by atoms with Crippen LogP contribution in [0.15, 0.2) is 18.5 Å². The van der Waals surface area contributed by atoms with Gasteiger partial charge >= 0.3 is 0 Å². The van der Waals surface area contributed by atoms with Crippen molar-refractivity contribution in [3.05, 3.63) is 23.5 Å². The molecule has 1 unspecified atom stereocenters. The lowest BCUT2D eigenvalue weighted by Crippen LogP contribution is -2.40. The molecule has 1 saturated carbocycles. The fourth-order valence-corrected chi connectivity index (χ4v) is 3.57. The maximum absolute atomic E-state index is 6.20. The van der Waals surface area contributed by atoms with Gasteiger partial charge in [-0.15, -0.1) is 0 Å². The smallest absolute Gasteiger partial charge is 0.0718 e. The number of pyridine rings is 1. The molecular weight excluding hydrogens is 248 g/mol. The van der Waals surface area contributed by atoms with Crippen LogP contribution in [0.2, 0.25) is 5.02 Å². The number of halogens is 1. The van der Waals surface area contributed by atoms with E-state index in [9.17, 15) is 0 Å². The number of hydrogen-bond acceptors (Lipinski definition) is 3. The summed E-state index contributed by atoms with van der Waals surface area (Å²) in [5.41, 5.74) is 1.38. The van der Waals surface area contributed by atoms with Gasteiger partial charge in [0.25, 0.3) is 0 Å². The van der Waals surface area contributed by atoms with E-state index in [1.807, 2.05) is 12.3 Å². The van der Waals surface area contributed by atoms with Crippen molar-refractivity contribution >= 4 is 17.3 Å².